The summed E-state index contributed by atoms with van der Waals surface area (Å²) in [6.07, 6.45) is 3.97. The summed E-state index contributed by atoms with van der Waals surface area (Å²) in [5, 5.41) is 6.91. The first kappa shape index (κ1) is 21.9. The van der Waals surface area contributed by atoms with E-state index in [0.29, 0.717) is 25.8 Å². The third kappa shape index (κ3) is 6.62. The van der Waals surface area contributed by atoms with Crippen molar-refractivity contribution < 1.29 is 9.47 Å². The zero-order valence-electron chi connectivity index (χ0n) is 18.0. The molecule has 0 amide bonds. The number of piperidine rings is 1. The molecule has 30 heavy (non-hydrogen) atoms. The summed E-state index contributed by atoms with van der Waals surface area (Å²) in [5.41, 5.74) is 1.05. The molecule has 0 bridgehead atoms. The van der Waals surface area contributed by atoms with Crippen LogP contribution in [0.15, 0.2) is 53.7 Å². The zero-order chi connectivity index (χ0) is 21.0. The summed E-state index contributed by atoms with van der Waals surface area (Å²) >= 11 is 0. The average Bonchev–Trinajstić information content (AvgIpc) is 2.80. The molecule has 0 aliphatic carbocycles. The predicted octanol–water partition coefficient (Wildman–Crippen LogP) is 2.83. The van der Waals surface area contributed by atoms with Gasteiger partial charge >= 0.3 is 0 Å². The van der Waals surface area contributed by atoms with Crippen molar-refractivity contribution in [1.82, 2.24) is 15.6 Å². The largest absolute Gasteiger partial charge is 0.496 e. The van der Waals surface area contributed by atoms with Crippen LogP contribution in [0.25, 0.3) is 0 Å². The van der Waals surface area contributed by atoms with E-state index in [9.17, 15) is 0 Å². The molecular formula is C23H33N5O2. The van der Waals surface area contributed by atoms with E-state index < -0.39 is 0 Å². The minimum absolute atomic E-state index is 0.414. The molecule has 2 N–H and O–H groups in total. The van der Waals surface area contributed by atoms with Crippen LogP contribution in [0.3, 0.4) is 0 Å². The molecule has 1 saturated heterocycles. The maximum Gasteiger partial charge on any atom is 0.191 e. The number of nitrogens with one attached hydrogen (secondary N) is 2. The highest BCUT2D eigenvalue weighted by Gasteiger charge is 2.20. The Morgan fingerprint density at radius 2 is 1.97 bits per heavy atom. The van der Waals surface area contributed by atoms with Crippen molar-refractivity contribution in [3.8, 4) is 5.75 Å². The van der Waals surface area contributed by atoms with Crippen molar-refractivity contribution >= 4 is 11.8 Å². The Balaban J connectivity index is 1.41. The summed E-state index contributed by atoms with van der Waals surface area (Å²) in [6, 6.07) is 14.4. The van der Waals surface area contributed by atoms with Gasteiger partial charge in [-0.05, 0) is 38.0 Å². The van der Waals surface area contributed by atoms with Crippen molar-refractivity contribution in [1.29, 1.82) is 0 Å². The molecule has 2 heterocycles. The van der Waals surface area contributed by atoms with Crippen LogP contribution < -0.4 is 20.3 Å². The smallest absolute Gasteiger partial charge is 0.191 e. The Morgan fingerprint density at radius 3 is 2.70 bits per heavy atom. The van der Waals surface area contributed by atoms with E-state index in [0.717, 1.165) is 55.6 Å². The van der Waals surface area contributed by atoms with Crippen LogP contribution >= 0.6 is 0 Å². The number of pyridine rings is 1. The Labute approximate surface area is 179 Å². The van der Waals surface area contributed by atoms with Gasteiger partial charge in [-0.15, -0.1) is 0 Å². The van der Waals surface area contributed by atoms with Crippen molar-refractivity contribution in [2.24, 2.45) is 4.99 Å². The van der Waals surface area contributed by atoms with Gasteiger partial charge in [0.25, 0.3) is 0 Å². The minimum Gasteiger partial charge on any atom is -0.496 e. The van der Waals surface area contributed by atoms with E-state index in [-0.39, 0.29) is 0 Å². The molecule has 2 aromatic rings. The zero-order valence-corrected chi connectivity index (χ0v) is 18.0. The lowest BCUT2D eigenvalue weighted by Gasteiger charge is -2.33. The first-order valence-electron chi connectivity index (χ1n) is 10.7. The first-order chi connectivity index (χ1) is 14.8. The fourth-order valence-corrected chi connectivity index (χ4v) is 3.53. The topological polar surface area (TPSA) is 71.0 Å². The Hall–Kier alpha value is -2.80. The van der Waals surface area contributed by atoms with E-state index in [1.807, 2.05) is 42.6 Å². The number of methoxy groups -OCH3 is 1. The molecule has 0 saturated carbocycles. The van der Waals surface area contributed by atoms with Gasteiger partial charge in [-0.3, -0.25) is 4.99 Å². The SMILES string of the molecule is CCNC(=NCCOCc1ccccc1OC)NC1CCN(c2ccccn2)CC1. The van der Waals surface area contributed by atoms with E-state index in [2.05, 4.69) is 38.5 Å². The molecule has 1 aliphatic rings. The van der Waals surface area contributed by atoms with Gasteiger partial charge in [0.15, 0.2) is 5.96 Å². The normalized spacial score (nSPS) is 15.1. The second-order valence-electron chi connectivity index (χ2n) is 7.22. The van der Waals surface area contributed by atoms with Gasteiger partial charge in [-0.1, -0.05) is 24.3 Å². The molecule has 0 radical (unpaired) electrons. The highest BCUT2D eigenvalue weighted by molar-refractivity contribution is 5.80. The molecule has 1 fully saturated rings. The molecule has 7 heteroatoms. The fourth-order valence-electron chi connectivity index (χ4n) is 3.53. The van der Waals surface area contributed by atoms with Crippen molar-refractivity contribution in [2.75, 3.05) is 44.8 Å². The third-order valence-electron chi connectivity index (χ3n) is 5.11. The number of nitrogens with zero attached hydrogens (tertiary/aromatic N) is 3. The Morgan fingerprint density at radius 1 is 1.17 bits per heavy atom. The standard InChI is InChI=1S/C23H33N5O2/c1-3-24-23(26-14-17-30-18-19-8-4-5-9-21(19)29-2)27-20-11-15-28(16-12-20)22-10-6-7-13-25-22/h4-10,13,20H,3,11-12,14-18H2,1-2H3,(H2,24,26,27). The molecule has 162 valence electrons. The molecule has 1 aliphatic heterocycles. The lowest BCUT2D eigenvalue weighted by molar-refractivity contribution is 0.126. The molecular weight excluding hydrogens is 378 g/mol. The Kier molecular flexibility index (Phi) is 8.78. The number of ether oxygens (including phenoxy) is 2. The van der Waals surface area contributed by atoms with Crippen LogP contribution in [0.4, 0.5) is 5.82 Å². The summed E-state index contributed by atoms with van der Waals surface area (Å²) in [4.78, 5) is 11.5. The minimum atomic E-state index is 0.414. The van der Waals surface area contributed by atoms with Gasteiger partial charge in [0.1, 0.15) is 11.6 Å². The third-order valence-corrected chi connectivity index (χ3v) is 5.11. The monoisotopic (exact) mass is 411 g/mol. The quantitative estimate of drug-likeness (QED) is 0.376. The molecule has 0 atom stereocenters. The second kappa shape index (κ2) is 12.0. The molecule has 7 nitrogen and oxygen atoms in total. The van der Waals surface area contributed by atoms with Crippen LogP contribution in [0.2, 0.25) is 0 Å². The summed E-state index contributed by atoms with van der Waals surface area (Å²) in [7, 11) is 1.68. The average molecular weight is 412 g/mol. The fraction of sp³-hybridized carbons (Fsp3) is 0.478. The van der Waals surface area contributed by atoms with Crippen molar-refractivity contribution in [3.05, 3.63) is 54.2 Å². The maximum absolute atomic E-state index is 5.79. The van der Waals surface area contributed by atoms with Crippen molar-refractivity contribution in [2.45, 2.75) is 32.4 Å². The number of aromatic nitrogens is 1. The van der Waals surface area contributed by atoms with Gasteiger partial charge in [0, 0.05) is 37.4 Å². The summed E-state index contributed by atoms with van der Waals surface area (Å²) < 4.78 is 11.1. The van der Waals surface area contributed by atoms with Crippen LogP contribution in [-0.4, -0.2) is 56.9 Å². The van der Waals surface area contributed by atoms with Gasteiger partial charge < -0.3 is 25.0 Å². The number of hydrogen-bond donors (Lipinski definition) is 2. The molecule has 1 aromatic heterocycles. The number of benzene rings is 1. The number of para-hydroxylation sites is 1. The van der Waals surface area contributed by atoms with Gasteiger partial charge in [-0.25, -0.2) is 4.98 Å². The van der Waals surface area contributed by atoms with E-state index in [4.69, 9.17) is 9.47 Å². The highest BCUT2D eigenvalue weighted by Crippen LogP contribution is 2.18. The van der Waals surface area contributed by atoms with Crippen molar-refractivity contribution in [3.63, 3.8) is 0 Å². The number of anilines is 1. The highest BCUT2D eigenvalue weighted by atomic mass is 16.5. The number of hydrogen-bond acceptors (Lipinski definition) is 5. The number of guanidine groups is 1. The van der Waals surface area contributed by atoms with Crippen LogP contribution in [-0.2, 0) is 11.3 Å². The van der Waals surface area contributed by atoms with E-state index >= 15 is 0 Å². The molecule has 0 spiro atoms. The second-order valence-corrected chi connectivity index (χ2v) is 7.22. The Bertz CT molecular complexity index is 776. The van der Waals surface area contributed by atoms with Crippen LogP contribution in [0, 0.1) is 0 Å². The number of aliphatic imine (C=N–C) groups is 1. The van der Waals surface area contributed by atoms with Gasteiger partial charge in [0.2, 0.25) is 0 Å². The van der Waals surface area contributed by atoms with Crippen LogP contribution in [0.5, 0.6) is 5.75 Å². The van der Waals surface area contributed by atoms with Gasteiger partial charge in [-0.2, -0.15) is 0 Å². The lowest BCUT2D eigenvalue weighted by Crippen LogP contribution is -2.49. The van der Waals surface area contributed by atoms with E-state index in [1.165, 1.54) is 0 Å². The molecule has 0 unspecified atom stereocenters. The molecule has 1 aromatic carbocycles. The summed E-state index contributed by atoms with van der Waals surface area (Å²) in [5.74, 6) is 2.77. The summed E-state index contributed by atoms with van der Waals surface area (Å²) in [6.45, 7) is 6.60. The number of rotatable bonds is 9. The van der Waals surface area contributed by atoms with Crippen LogP contribution in [0.1, 0.15) is 25.3 Å². The maximum atomic E-state index is 5.79. The van der Waals surface area contributed by atoms with Gasteiger partial charge in [0.05, 0.1) is 26.9 Å². The van der Waals surface area contributed by atoms with E-state index in [1.54, 1.807) is 7.11 Å². The first-order valence-corrected chi connectivity index (χ1v) is 10.7. The lowest BCUT2D eigenvalue weighted by atomic mass is 10.1. The predicted molar refractivity (Wildman–Crippen MR) is 121 cm³/mol. The molecule has 3 rings (SSSR count).